The lowest BCUT2D eigenvalue weighted by Gasteiger charge is -2.22. The van der Waals surface area contributed by atoms with Gasteiger partial charge in [0.05, 0.1) is 0 Å². The third-order valence-electron chi connectivity index (χ3n) is 3.73. The van der Waals surface area contributed by atoms with E-state index in [-0.39, 0.29) is 6.04 Å². The molecule has 1 aromatic carbocycles. The van der Waals surface area contributed by atoms with Crippen molar-refractivity contribution in [2.24, 2.45) is 0 Å². The van der Waals surface area contributed by atoms with Crippen LogP contribution in [-0.2, 0) is 4.79 Å². The lowest BCUT2D eigenvalue weighted by molar-refractivity contribution is -0.139. The average Bonchev–Trinajstić information content (AvgIpc) is 2.85. The Morgan fingerprint density at radius 1 is 1.37 bits per heavy atom. The molecule has 0 aromatic heterocycles. The Labute approximate surface area is 114 Å². The highest BCUT2D eigenvalue weighted by molar-refractivity contribution is 5.75. The quantitative estimate of drug-likeness (QED) is 0.851. The largest absolute Gasteiger partial charge is 0.480 e. The Kier molecular flexibility index (Phi) is 4.56. The van der Waals surface area contributed by atoms with Crippen LogP contribution in [0, 0.1) is 0 Å². The van der Waals surface area contributed by atoms with Gasteiger partial charge < -0.3 is 5.11 Å². The van der Waals surface area contributed by atoms with Crippen LogP contribution in [0.2, 0.25) is 0 Å². The summed E-state index contributed by atoms with van der Waals surface area (Å²) >= 11 is 0. The van der Waals surface area contributed by atoms with Crippen LogP contribution in [0.15, 0.2) is 30.3 Å². The van der Waals surface area contributed by atoms with Crippen molar-refractivity contribution >= 4 is 5.97 Å². The first-order valence-corrected chi connectivity index (χ1v) is 6.85. The van der Waals surface area contributed by atoms with Gasteiger partial charge in [-0.1, -0.05) is 30.3 Å². The van der Waals surface area contributed by atoms with Gasteiger partial charge in [0.2, 0.25) is 0 Å². The molecule has 1 fully saturated rings. The van der Waals surface area contributed by atoms with E-state index in [1.165, 1.54) is 0 Å². The molecule has 0 saturated carbocycles. The number of benzene rings is 1. The lowest BCUT2D eigenvalue weighted by Crippen LogP contribution is -2.39. The van der Waals surface area contributed by atoms with E-state index in [1.54, 1.807) is 0 Å². The van der Waals surface area contributed by atoms with Crippen molar-refractivity contribution < 1.29 is 9.90 Å². The molecule has 2 N–H and O–H groups in total. The van der Waals surface area contributed by atoms with Crippen molar-refractivity contribution in [2.45, 2.75) is 38.4 Å². The van der Waals surface area contributed by atoms with Gasteiger partial charge >= 0.3 is 5.97 Å². The molecule has 2 atom stereocenters. The number of hydrogen-bond donors (Lipinski definition) is 2. The zero-order chi connectivity index (χ0) is 13.8. The first-order valence-electron chi connectivity index (χ1n) is 6.85. The first-order chi connectivity index (χ1) is 9.08. The van der Waals surface area contributed by atoms with Gasteiger partial charge in [-0.25, -0.2) is 0 Å². The molecule has 2 rings (SSSR count). The summed E-state index contributed by atoms with van der Waals surface area (Å²) in [6.07, 6.45) is 1.01. The molecule has 0 amide bonds. The summed E-state index contributed by atoms with van der Waals surface area (Å²) in [4.78, 5) is 13.8. The number of carboxylic acids is 1. The SMILES string of the molecule is CC(C)N1CCC(NC(C(=O)O)c2ccccc2)C1. The predicted molar refractivity (Wildman–Crippen MR) is 75.1 cm³/mol. The second-order valence-electron chi connectivity index (χ2n) is 5.42. The highest BCUT2D eigenvalue weighted by Crippen LogP contribution is 2.18. The van der Waals surface area contributed by atoms with Gasteiger partial charge in [0.15, 0.2) is 0 Å². The van der Waals surface area contributed by atoms with Crippen LogP contribution in [0.1, 0.15) is 31.9 Å². The fourth-order valence-electron chi connectivity index (χ4n) is 2.58. The van der Waals surface area contributed by atoms with Gasteiger partial charge in [-0.05, 0) is 32.4 Å². The van der Waals surface area contributed by atoms with Gasteiger partial charge in [-0.3, -0.25) is 15.0 Å². The van der Waals surface area contributed by atoms with Crippen molar-refractivity contribution in [1.29, 1.82) is 0 Å². The van der Waals surface area contributed by atoms with E-state index in [2.05, 4.69) is 24.1 Å². The number of carboxylic acid groups (broad SMARTS) is 1. The third-order valence-corrected chi connectivity index (χ3v) is 3.73. The molecule has 0 aliphatic carbocycles. The molecule has 1 aromatic rings. The summed E-state index contributed by atoms with van der Waals surface area (Å²) in [5.41, 5.74) is 0.818. The number of carbonyl (C=O) groups is 1. The molecule has 19 heavy (non-hydrogen) atoms. The van der Waals surface area contributed by atoms with Crippen molar-refractivity contribution in [3.05, 3.63) is 35.9 Å². The summed E-state index contributed by atoms with van der Waals surface area (Å²) in [5, 5.41) is 12.7. The maximum atomic E-state index is 11.4. The summed E-state index contributed by atoms with van der Waals surface area (Å²) < 4.78 is 0. The fraction of sp³-hybridized carbons (Fsp3) is 0.533. The third kappa shape index (κ3) is 3.55. The van der Waals surface area contributed by atoms with E-state index in [1.807, 2.05) is 30.3 Å². The van der Waals surface area contributed by atoms with Gasteiger partial charge in [0, 0.05) is 18.6 Å². The summed E-state index contributed by atoms with van der Waals surface area (Å²) in [5.74, 6) is -0.811. The van der Waals surface area contributed by atoms with Crippen molar-refractivity contribution in [3.8, 4) is 0 Å². The molecule has 104 valence electrons. The Morgan fingerprint density at radius 3 is 2.58 bits per heavy atom. The molecule has 2 unspecified atom stereocenters. The molecule has 4 nitrogen and oxygen atoms in total. The number of nitrogens with zero attached hydrogens (tertiary/aromatic N) is 1. The van der Waals surface area contributed by atoms with Gasteiger partial charge in [-0.2, -0.15) is 0 Å². The monoisotopic (exact) mass is 262 g/mol. The molecule has 1 heterocycles. The highest BCUT2D eigenvalue weighted by atomic mass is 16.4. The molecule has 1 aliphatic heterocycles. The van der Waals surface area contributed by atoms with E-state index < -0.39 is 12.0 Å². The molecule has 1 saturated heterocycles. The molecular formula is C15H22N2O2. The lowest BCUT2D eigenvalue weighted by atomic mass is 10.1. The Morgan fingerprint density at radius 2 is 2.05 bits per heavy atom. The number of aliphatic carboxylic acids is 1. The normalized spacial score (nSPS) is 21.7. The van der Waals surface area contributed by atoms with Crippen molar-refractivity contribution in [2.75, 3.05) is 13.1 Å². The first kappa shape index (κ1) is 14.0. The van der Waals surface area contributed by atoms with Crippen LogP contribution >= 0.6 is 0 Å². The van der Waals surface area contributed by atoms with Crippen LogP contribution in [0.4, 0.5) is 0 Å². The van der Waals surface area contributed by atoms with Crippen LogP contribution in [0.25, 0.3) is 0 Å². The predicted octanol–water partition coefficient (Wildman–Crippen LogP) is 1.88. The van der Waals surface area contributed by atoms with E-state index in [0.29, 0.717) is 6.04 Å². The minimum absolute atomic E-state index is 0.253. The minimum atomic E-state index is -0.811. The molecule has 4 heteroatoms. The zero-order valence-corrected chi connectivity index (χ0v) is 11.5. The fourth-order valence-corrected chi connectivity index (χ4v) is 2.58. The molecule has 1 aliphatic rings. The van der Waals surface area contributed by atoms with Crippen molar-refractivity contribution in [3.63, 3.8) is 0 Å². The van der Waals surface area contributed by atoms with E-state index in [9.17, 15) is 9.90 Å². The van der Waals surface area contributed by atoms with Crippen molar-refractivity contribution in [1.82, 2.24) is 10.2 Å². The number of rotatable bonds is 5. The second-order valence-corrected chi connectivity index (χ2v) is 5.42. The number of hydrogen-bond acceptors (Lipinski definition) is 3. The standard InChI is InChI=1S/C15H22N2O2/c1-11(2)17-9-8-13(10-17)16-14(15(18)19)12-6-4-3-5-7-12/h3-7,11,13-14,16H,8-10H2,1-2H3,(H,18,19). The topological polar surface area (TPSA) is 52.6 Å². The molecule has 0 bridgehead atoms. The summed E-state index contributed by atoms with van der Waals surface area (Å²) in [7, 11) is 0. The Balaban J connectivity index is 2.01. The highest BCUT2D eigenvalue weighted by Gasteiger charge is 2.29. The molecule has 0 radical (unpaired) electrons. The van der Waals surface area contributed by atoms with E-state index >= 15 is 0 Å². The van der Waals surface area contributed by atoms with Crippen LogP contribution < -0.4 is 5.32 Å². The zero-order valence-electron chi connectivity index (χ0n) is 11.5. The Hall–Kier alpha value is -1.39. The van der Waals surface area contributed by atoms with Gasteiger partial charge in [0.25, 0.3) is 0 Å². The van der Waals surface area contributed by atoms with Crippen LogP contribution in [-0.4, -0.2) is 41.1 Å². The molecule has 0 spiro atoms. The maximum absolute atomic E-state index is 11.4. The number of nitrogens with one attached hydrogen (secondary N) is 1. The molecular weight excluding hydrogens is 240 g/mol. The van der Waals surface area contributed by atoms with Gasteiger partial charge in [0.1, 0.15) is 6.04 Å². The summed E-state index contributed by atoms with van der Waals surface area (Å²) in [6, 6.07) is 9.54. The second kappa shape index (κ2) is 6.17. The smallest absolute Gasteiger partial charge is 0.325 e. The minimum Gasteiger partial charge on any atom is -0.480 e. The van der Waals surface area contributed by atoms with E-state index in [4.69, 9.17) is 0 Å². The average molecular weight is 262 g/mol. The van der Waals surface area contributed by atoms with Crippen LogP contribution in [0.3, 0.4) is 0 Å². The maximum Gasteiger partial charge on any atom is 0.325 e. The van der Waals surface area contributed by atoms with Gasteiger partial charge in [-0.15, -0.1) is 0 Å². The van der Waals surface area contributed by atoms with E-state index in [0.717, 1.165) is 25.1 Å². The Bertz CT molecular complexity index is 419. The van der Waals surface area contributed by atoms with Crippen LogP contribution in [0.5, 0.6) is 0 Å². The number of likely N-dealkylation sites (tertiary alicyclic amines) is 1. The summed E-state index contributed by atoms with van der Waals surface area (Å²) in [6.45, 7) is 6.31.